The first-order valence-corrected chi connectivity index (χ1v) is 18.1. The molecule has 2 aliphatic heterocycles. The maximum atomic E-state index is 14.7. The lowest BCUT2D eigenvalue weighted by atomic mass is 9.68. The third-order valence-electron chi connectivity index (χ3n) is 10.1. The van der Waals surface area contributed by atoms with Crippen molar-refractivity contribution in [2.24, 2.45) is 22.7 Å². The molecule has 2 saturated heterocycles. The summed E-state index contributed by atoms with van der Waals surface area (Å²) in [5.41, 5.74) is 4.35. The Morgan fingerprint density at radius 3 is 1.81 bits per heavy atom. The fourth-order valence-corrected chi connectivity index (χ4v) is 6.10. The maximum absolute atomic E-state index is 14.7. The van der Waals surface area contributed by atoms with Gasteiger partial charge in [0, 0.05) is 54.9 Å². The summed E-state index contributed by atoms with van der Waals surface area (Å²) >= 11 is 0. The summed E-state index contributed by atoms with van der Waals surface area (Å²) in [6.07, 6.45) is 11.2. The van der Waals surface area contributed by atoms with Crippen LogP contribution in [-0.2, 0) is 13.1 Å². The molecule has 5 heteroatoms. The van der Waals surface area contributed by atoms with Gasteiger partial charge in [0.25, 0.3) is 0 Å². The normalized spacial score (nSPS) is 22.1. The number of likely N-dealkylation sites (tertiary alicyclic amines) is 2. The van der Waals surface area contributed by atoms with E-state index in [1.165, 1.54) is 18.4 Å². The minimum atomic E-state index is -0.894. The molecule has 0 aromatic heterocycles. The van der Waals surface area contributed by atoms with Gasteiger partial charge in [-0.2, -0.15) is 10.5 Å². The van der Waals surface area contributed by atoms with Gasteiger partial charge in [-0.15, -0.1) is 6.42 Å². The summed E-state index contributed by atoms with van der Waals surface area (Å²) in [6, 6.07) is 21.1. The second kappa shape index (κ2) is 20.7. The van der Waals surface area contributed by atoms with E-state index in [0.29, 0.717) is 25.3 Å². The topological polar surface area (TPSA) is 54.1 Å². The van der Waals surface area contributed by atoms with Crippen LogP contribution in [0.2, 0.25) is 0 Å². The van der Waals surface area contributed by atoms with Crippen molar-refractivity contribution >= 4 is 0 Å². The van der Waals surface area contributed by atoms with Gasteiger partial charge in [0.05, 0.1) is 12.1 Å². The van der Waals surface area contributed by atoms with Gasteiger partial charge in [0.1, 0.15) is 6.17 Å². The quantitative estimate of drug-likeness (QED) is 0.280. The summed E-state index contributed by atoms with van der Waals surface area (Å²) in [5.74, 6) is 9.93. The van der Waals surface area contributed by atoms with Crippen LogP contribution in [0.15, 0.2) is 48.5 Å². The largest absolute Gasteiger partial charge is 0.299 e. The molecule has 1 aliphatic carbocycles. The first-order chi connectivity index (χ1) is 23.2. The Morgan fingerprint density at radius 2 is 1.33 bits per heavy atom. The number of nitriles is 2. The van der Waals surface area contributed by atoms with E-state index in [1.807, 2.05) is 65.8 Å². The molecule has 0 amide bonds. The molecule has 2 heterocycles. The van der Waals surface area contributed by atoms with Crippen LogP contribution >= 0.6 is 0 Å². The molecule has 3 unspecified atom stereocenters. The van der Waals surface area contributed by atoms with Gasteiger partial charge in [-0.1, -0.05) is 90.5 Å². The van der Waals surface area contributed by atoms with E-state index in [9.17, 15) is 4.39 Å². The number of hydrogen-bond acceptors (Lipinski definition) is 4. The number of benzene rings is 2. The summed E-state index contributed by atoms with van der Waals surface area (Å²) in [7, 11) is 0. The molecule has 0 radical (unpaired) electrons. The van der Waals surface area contributed by atoms with Gasteiger partial charge in [-0.25, -0.2) is 4.39 Å². The highest BCUT2D eigenvalue weighted by molar-refractivity contribution is 5.37. The standard InChI is InChI=1S/C20H24N2.C19H23FN2.2C2H6/c1-20(10-13-21)11-14-22(15-12-20)16-19-8-6-18(7-9-19)5-4-17-2-3-17;1-4-16-5-7-17(8-6-16)13-22-12-10-19(3,18(20)14-22)15(2)9-11-21;2*1-2/h6-9,17H,2-3,10-12,14-16H2,1H3;1,5-8,15,18H,9-10,12-14H2,2-3H3;2*1-2H3. The highest BCUT2D eigenvalue weighted by Crippen LogP contribution is 2.42. The van der Waals surface area contributed by atoms with E-state index in [1.54, 1.807) is 0 Å². The van der Waals surface area contributed by atoms with Crippen LogP contribution < -0.4 is 0 Å². The molecule has 3 atom stereocenters. The van der Waals surface area contributed by atoms with Gasteiger partial charge in [-0.3, -0.25) is 9.80 Å². The Bertz CT molecular complexity index is 1400. The van der Waals surface area contributed by atoms with E-state index in [2.05, 4.69) is 70.9 Å². The van der Waals surface area contributed by atoms with Crippen LogP contribution in [0.1, 0.15) is 116 Å². The van der Waals surface area contributed by atoms with E-state index in [-0.39, 0.29) is 16.7 Å². The number of terminal acetylenes is 1. The Labute approximate surface area is 292 Å². The van der Waals surface area contributed by atoms with Crippen LogP contribution in [0, 0.1) is 69.5 Å². The molecule has 0 spiro atoms. The van der Waals surface area contributed by atoms with Crippen LogP contribution in [0.3, 0.4) is 0 Å². The minimum Gasteiger partial charge on any atom is -0.299 e. The van der Waals surface area contributed by atoms with Crippen molar-refractivity contribution in [2.75, 3.05) is 26.2 Å². The van der Waals surface area contributed by atoms with Gasteiger partial charge in [-0.05, 0) is 98.5 Å². The van der Waals surface area contributed by atoms with Gasteiger partial charge in [0.15, 0.2) is 0 Å². The highest BCUT2D eigenvalue weighted by atomic mass is 19.1. The lowest BCUT2D eigenvalue weighted by molar-refractivity contribution is -0.0188. The molecule has 4 nitrogen and oxygen atoms in total. The van der Waals surface area contributed by atoms with Gasteiger partial charge < -0.3 is 0 Å². The zero-order valence-corrected chi connectivity index (χ0v) is 30.8. The first-order valence-electron chi connectivity index (χ1n) is 18.1. The average molecular weight is 651 g/mol. The predicted octanol–water partition coefficient (Wildman–Crippen LogP) is 9.78. The third kappa shape index (κ3) is 12.8. The van der Waals surface area contributed by atoms with Crippen molar-refractivity contribution in [1.82, 2.24) is 9.80 Å². The molecular weight excluding hydrogens is 591 g/mol. The molecule has 0 bridgehead atoms. The Morgan fingerprint density at radius 1 is 0.812 bits per heavy atom. The van der Waals surface area contributed by atoms with Crippen molar-refractivity contribution in [3.8, 4) is 36.3 Å². The number of rotatable bonds is 7. The number of nitrogens with zero attached hydrogens (tertiary/aromatic N) is 4. The van der Waals surface area contributed by atoms with Crippen LogP contribution in [-0.4, -0.2) is 42.2 Å². The maximum Gasteiger partial charge on any atom is 0.118 e. The van der Waals surface area contributed by atoms with Crippen molar-refractivity contribution in [2.45, 2.75) is 113 Å². The lowest BCUT2D eigenvalue weighted by Gasteiger charge is -2.45. The summed E-state index contributed by atoms with van der Waals surface area (Å²) in [6.45, 7) is 19.5. The van der Waals surface area contributed by atoms with E-state index in [4.69, 9.17) is 16.9 Å². The summed E-state index contributed by atoms with van der Waals surface area (Å²) in [5, 5.41) is 17.8. The van der Waals surface area contributed by atoms with Crippen molar-refractivity contribution in [1.29, 1.82) is 10.5 Å². The molecule has 1 saturated carbocycles. The second-order valence-corrected chi connectivity index (χ2v) is 13.7. The Balaban J connectivity index is 0.000000302. The number of halogens is 1. The molecule has 258 valence electrons. The predicted molar refractivity (Wildman–Crippen MR) is 198 cm³/mol. The zero-order chi connectivity index (χ0) is 35.6. The molecule has 48 heavy (non-hydrogen) atoms. The highest BCUT2D eigenvalue weighted by Gasteiger charge is 2.43. The summed E-state index contributed by atoms with van der Waals surface area (Å²) in [4.78, 5) is 4.65. The molecule has 3 fully saturated rings. The minimum absolute atomic E-state index is 0.0876. The SMILES string of the molecule is C#Cc1ccc(CN2CCC(C)(C(C)CC#N)C(F)C2)cc1.CC.CC.CC1(CC#N)CCN(Cc2ccc(C#CC3CC3)cc2)CC1. The molecule has 0 N–H and O–H groups in total. The average Bonchev–Trinajstić information content (AvgIpc) is 3.95. The fraction of sp³-hybridized carbons (Fsp3) is 0.581. The number of alkyl halides is 1. The fourth-order valence-electron chi connectivity index (χ4n) is 6.10. The zero-order valence-electron chi connectivity index (χ0n) is 30.8. The van der Waals surface area contributed by atoms with E-state index in [0.717, 1.165) is 68.7 Å². The van der Waals surface area contributed by atoms with E-state index >= 15 is 0 Å². The monoisotopic (exact) mass is 650 g/mol. The molecule has 5 rings (SSSR count). The van der Waals surface area contributed by atoms with E-state index < -0.39 is 6.17 Å². The van der Waals surface area contributed by atoms with Gasteiger partial charge in [0.2, 0.25) is 0 Å². The Hall–Kier alpha value is -3.61. The van der Waals surface area contributed by atoms with Crippen molar-refractivity contribution in [3.63, 3.8) is 0 Å². The molecular formula is C43H59FN4. The molecule has 3 aliphatic rings. The third-order valence-corrected chi connectivity index (χ3v) is 10.1. The van der Waals surface area contributed by atoms with Crippen LogP contribution in [0.5, 0.6) is 0 Å². The van der Waals surface area contributed by atoms with Crippen LogP contribution in [0.25, 0.3) is 0 Å². The summed E-state index contributed by atoms with van der Waals surface area (Å²) < 4.78 is 14.7. The van der Waals surface area contributed by atoms with Crippen molar-refractivity contribution < 1.29 is 4.39 Å². The first kappa shape index (κ1) is 40.6. The second-order valence-electron chi connectivity index (χ2n) is 13.7. The smallest absolute Gasteiger partial charge is 0.118 e. The molecule has 2 aromatic rings. The van der Waals surface area contributed by atoms with Crippen LogP contribution in [0.4, 0.5) is 4.39 Å². The molecule has 2 aromatic carbocycles. The number of hydrogen-bond donors (Lipinski definition) is 0. The van der Waals surface area contributed by atoms with Gasteiger partial charge >= 0.3 is 0 Å². The van der Waals surface area contributed by atoms with Crippen molar-refractivity contribution in [3.05, 3.63) is 70.8 Å². The Kier molecular flexibility index (Phi) is 17.5. The lowest BCUT2D eigenvalue weighted by Crippen LogP contribution is -2.50. The number of piperidine rings is 2.